The zero-order valence-corrected chi connectivity index (χ0v) is 12.4. The molecule has 0 spiro atoms. The second-order valence-electron chi connectivity index (χ2n) is 4.53. The fourth-order valence-corrected chi connectivity index (χ4v) is 2.03. The number of halogens is 1. The average molecular weight is 280 g/mol. The maximum absolute atomic E-state index is 6.09. The molecule has 0 aliphatic heterocycles. The van der Waals surface area contributed by atoms with Crippen molar-refractivity contribution in [2.24, 2.45) is 7.05 Å². The number of rotatable bonds is 4. The van der Waals surface area contributed by atoms with Crippen LogP contribution in [0.5, 0.6) is 5.75 Å². The van der Waals surface area contributed by atoms with Crippen LogP contribution in [0.4, 0.5) is 5.69 Å². The summed E-state index contributed by atoms with van der Waals surface area (Å²) in [5, 5.41) is 8.30. The van der Waals surface area contributed by atoms with E-state index in [1.54, 1.807) is 7.11 Å². The van der Waals surface area contributed by atoms with Gasteiger partial charge in [-0.15, -0.1) is 0 Å². The van der Waals surface area contributed by atoms with Crippen molar-refractivity contribution in [3.05, 3.63) is 40.2 Å². The SMILES string of the molecule is COc1cc(Cl)c(C)cc1NCc1cnn(C)c1C. The Morgan fingerprint density at radius 2 is 2.11 bits per heavy atom. The number of hydrogen-bond donors (Lipinski definition) is 1. The molecule has 0 radical (unpaired) electrons. The van der Waals surface area contributed by atoms with Crippen molar-refractivity contribution < 1.29 is 4.74 Å². The second kappa shape index (κ2) is 5.53. The van der Waals surface area contributed by atoms with Crippen LogP contribution in [0.3, 0.4) is 0 Å². The zero-order chi connectivity index (χ0) is 14.0. The Labute approximate surface area is 118 Å². The molecule has 2 aromatic rings. The monoisotopic (exact) mass is 279 g/mol. The molecule has 1 heterocycles. The highest BCUT2D eigenvalue weighted by atomic mass is 35.5. The number of nitrogens with zero attached hydrogens (tertiary/aromatic N) is 2. The van der Waals surface area contributed by atoms with E-state index in [4.69, 9.17) is 16.3 Å². The summed E-state index contributed by atoms with van der Waals surface area (Å²) >= 11 is 6.09. The van der Waals surface area contributed by atoms with Gasteiger partial charge in [-0.2, -0.15) is 5.10 Å². The Balaban J connectivity index is 2.19. The third-order valence-electron chi connectivity index (χ3n) is 3.29. The number of methoxy groups -OCH3 is 1. The first-order valence-electron chi connectivity index (χ1n) is 6.08. The van der Waals surface area contributed by atoms with Gasteiger partial charge in [0.05, 0.1) is 19.0 Å². The van der Waals surface area contributed by atoms with Gasteiger partial charge in [0.1, 0.15) is 5.75 Å². The largest absolute Gasteiger partial charge is 0.495 e. The van der Waals surface area contributed by atoms with E-state index in [1.165, 1.54) is 0 Å². The maximum atomic E-state index is 6.09. The van der Waals surface area contributed by atoms with Gasteiger partial charge in [0, 0.05) is 35.9 Å². The first-order chi connectivity index (χ1) is 9.02. The van der Waals surface area contributed by atoms with Crippen molar-refractivity contribution in [3.63, 3.8) is 0 Å². The van der Waals surface area contributed by atoms with Crippen molar-refractivity contribution in [2.45, 2.75) is 20.4 Å². The van der Waals surface area contributed by atoms with Crippen molar-refractivity contribution in [1.29, 1.82) is 0 Å². The molecule has 4 nitrogen and oxygen atoms in total. The second-order valence-corrected chi connectivity index (χ2v) is 4.94. The van der Waals surface area contributed by atoms with Gasteiger partial charge in [0.15, 0.2) is 0 Å². The Hall–Kier alpha value is -1.68. The van der Waals surface area contributed by atoms with Crippen LogP contribution in [0.25, 0.3) is 0 Å². The number of nitrogens with one attached hydrogen (secondary N) is 1. The number of hydrogen-bond acceptors (Lipinski definition) is 3. The quantitative estimate of drug-likeness (QED) is 0.933. The fourth-order valence-electron chi connectivity index (χ4n) is 1.88. The zero-order valence-electron chi connectivity index (χ0n) is 11.6. The van der Waals surface area contributed by atoms with E-state index in [0.29, 0.717) is 11.6 Å². The molecule has 0 fully saturated rings. The van der Waals surface area contributed by atoms with Crippen LogP contribution < -0.4 is 10.1 Å². The normalized spacial score (nSPS) is 10.6. The number of aryl methyl sites for hydroxylation is 2. The molecule has 0 atom stereocenters. The Bertz CT molecular complexity index is 593. The molecule has 102 valence electrons. The highest BCUT2D eigenvalue weighted by molar-refractivity contribution is 6.31. The summed E-state index contributed by atoms with van der Waals surface area (Å²) in [5.41, 5.74) is 4.27. The molecule has 2 rings (SSSR count). The van der Waals surface area contributed by atoms with Crippen LogP contribution in [0, 0.1) is 13.8 Å². The molecule has 5 heteroatoms. The standard InChI is InChI=1S/C14H18ClN3O/c1-9-5-13(14(19-4)6-12(9)15)16-7-11-8-17-18(3)10(11)2/h5-6,8,16H,7H2,1-4H3. The third kappa shape index (κ3) is 2.84. The van der Waals surface area contributed by atoms with E-state index >= 15 is 0 Å². The van der Waals surface area contributed by atoms with Gasteiger partial charge >= 0.3 is 0 Å². The lowest BCUT2D eigenvalue weighted by molar-refractivity contribution is 0.416. The van der Waals surface area contributed by atoms with Crippen LogP contribution in [-0.4, -0.2) is 16.9 Å². The molecule has 19 heavy (non-hydrogen) atoms. The predicted octanol–water partition coefficient (Wildman–Crippen LogP) is 3.31. The lowest BCUT2D eigenvalue weighted by Crippen LogP contribution is -2.03. The molecular formula is C14H18ClN3O. The first kappa shape index (κ1) is 13.7. The van der Waals surface area contributed by atoms with Crippen LogP contribution in [0.15, 0.2) is 18.3 Å². The molecule has 0 saturated carbocycles. The minimum Gasteiger partial charge on any atom is -0.495 e. The Morgan fingerprint density at radius 1 is 1.37 bits per heavy atom. The summed E-state index contributed by atoms with van der Waals surface area (Å²) in [7, 11) is 3.58. The fraction of sp³-hybridized carbons (Fsp3) is 0.357. The van der Waals surface area contributed by atoms with E-state index in [1.807, 2.05) is 43.9 Å². The van der Waals surface area contributed by atoms with Crippen LogP contribution >= 0.6 is 11.6 Å². The molecule has 0 aliphatic carbocycles. The van der Waals surface area contributed by atoms with Gasteiger partial charge in [-0.05, 0) is 25.5 Å². The van der Waals surface area contributed by atoms with E-state index in [9.17, 15) is 0 Å². The van der Waals surface area contributed by atoms with Crippen LogP contribution in [0.1, 0.15) is 16.8 Å². The summed E-state index contributed by atoms with van der Waals surface area (Å²) in [6, 6.07) is 3.82. The topological polar surface area (TPSA) is 39.1 Å². The van der Waals surface area contributed by atoms with Gasteiger partial charge in [-0.1, -0.05) is 11.6 Å². The molecule has 0 bridgehead atoms. The Kier molecular flexibility index (Phi) is 4.00. The molecule has 1 N–H and O–H groups in total. The molecule has 0 saturated heterocycles. The molecule has 0 aliphatic rings. The average Bonchev–Trinajstić information content (AvgIpc) is 2.71. The van der Waals surface area contributed by atoms with E-state index in [2.05, 4.69) is 10.4 Å². The maximum Gasteiger partial charge on any atom is 0.143 e. The van der Waals surface area contributed by atoms with Gasteiger partial charge < -0.3 is 10.1 Å². The van der Waals surface area contributed by atoms with Crippen molar-refractivity contribution in [1.82, 2.24) is 9.78 Å². The highest BCUT2D eigenvalue weighted by Gasteiger charge is 2.08. The smallest absolute Gasteiger partial charge is 0.143 e. The molecule has 0 amide bonds. The first-order valence-corrected chi connectivity index (χ1v) is 6.46. The number of anilines is 1. The third-order valence-corrected chi connectivity index (χ3v) is 3.69. The van der Waals surface area contributed by atoms with E-state index < -0.39 is 0 Å². The minimum atomic E-state index is 0.705. The Morgan fingerprint density at radius 3 is 2.68 bits per heavy atom. The number of aromatic nitrogens is 2. The number of benzene rings is 1. The summed E-state index contributed by atoms with van der Waals surface area (Å²) < 4.78 is 7.20. The van der Waals surface area contributed by atoms with Crippen molar-refractivity contribution in [2.75, 3.05) is 12.4 Å². The van der Waals surface area contributed by atoms with Gasteiger partial charge in [-0.3, -0.25) is 4.68 Å². The van der Waals surface area contributed by atoms with Crippen molar-refractivity contribution in [3.8, 4) is 5.75 Å². The van der Waals surface area contributed by atoms with Gasteiger partial charge in [0.25, 0.3) is 0 Å². The van der Waals surface area contributed by atoms with Gasteiger partial charge in [-0.25, -0.2) is 0 Å². The molecule has 1 aromatic heterocycles. The summed E-state index contributed by atoms with van der Waals surface area (Å²) in [5.74, 6) is 0.747. The lowest BCUT2D eigenvalue weighted by atomic mass is 10.2. The number of ether oxygens (including phenoxy) is 1. The highest BCUT2D eigenvalue weighted by Crippen LogP contribution is 2.31. The lowest BCUT2D eigenvalue weighted by Gasteiger charge is -2.13. The summed E-state index contributed by atoms with van der Waals surface area (Å²) in [6.45, 7) is 4.73. The molecule has 0 unspecified atom stereocenters. The van der Waals surface area contributed by atoms with Gasteiger partial charge in [0.2, 0.25) is 0 Å². The van der Waals surface area contributed by atoms with Crippen molar-refractivity contribution >= 4 is 17.3 Å². The molecular weight excluding hydrogens is 262 g/mol. The summed E-state index contributed by atoms with van der Waals surface area (Å²) in [4.78, 5) is 0. The van der Waals surface area contributed by atoms with Crippen LogP contribution in [-0.2, 0) is 13.6 Å². The minimum absolute atomic E-state index is 0.705. The predicted molar refractivity (Wildman–Crippen MR) is 78.0 cm³/mol. The van der Waals surface area contributed by atoms with E-state index in [-0.39, 0.29) is 0 Å². The summed E-state index contributed by atoms with van der Waals surface area (Å²) in [6.07, 6.45) is 1.87. The van der Waals surface area contributed by atoms with E-state index in [0.717, 1.165) is 28.3 Å². The van der Waals surface area contributed by atoms with Crippen LogP contribution in [0.2, 0.25) is 5.02 Å². The molecule has 1 aromatic carbocycles.